The van der Waals surface area contributed by atoms with E-state index in [9.17, 15) is 18.0 Å². The van der Waals surface area contributed by atoms with Crippen molar-refractivity contribution in [3.05, 3.63) is 60.1 Å². The van der Waals surface area contributed by atoms with E-state index in [0.29, 0.717) is 38.4 Å². The molecule has 3 heterocycles. The number of anilines is 2. The second-order valence-electron chi connectivity index (χ2n) is 6.90. The minimum Gasteiger partial charge on any atom is -0.451 e. The van der Waals surface area contributed by atoms with Gasteiger partial charge in [0.1, 0.15) is 12.0 Å². The van der Waals surface area contributed by atoms with Crippen molar-refractivity contribution < 1.29 is 22.4 Å². The number of rotatable bonds is 5. The highest BCUT2D eigenvalue weighted by molar-refractivity contribution is 6.04. The number of benzene rings is 1. The molecule has 1 saturated heterocycles. The number of hydrogen-bond donors (Lipinski definition) is 2. The minimum absolute atomic E-state index is 0.106. The molecular weight excluding hydrogens is 401 g/mol. The first-order valence-corrected chi connectivity index (χ1v) is 9.26. The molecule has 1 aromatic carbocycles. The molecular formula is C19H19F3N6O2. The van der Waals surface area contributed by atoms with E-state index in [4.69, 9.17) is 4.42 Å². The Labute approximate surface area is 169 Å². The standard InChI is InChI=1S/C19H19F3N6O2/c20-19(21,22)13-1-2-17(16(9-13)25-18(29)15-3-4-24-26-15)28-7-5-27(6-8-28)10-14-11-30-12-23-14/h1-4,9,11-12H,5-8,10H2,(H,24,26)(H,25,29). The van der Waals surface area contributed by atoms with E-state index >= 15 is 0 Å². The third kappa shape index (κ3) is 4.46. The lowest BCUT2D eigenvalue weighted by molar-refractivity contribution is -0.137. The van der Waals surface area contributed by atoms with Crippen molar-refractivity contribution in [1.29, 1.82) is 0 Å². The van der Waals surface area contributed by atoms with E-state index < -0.39 is 17.6 Å². The van der Waals surface area contributed by atoms with Gasteiger partial charge >= 0.3 is 6.18 Å². The lowest BCUT2D eigenvalue weighted by Crippen LogP contribution is -2.46. The first kappa shape index (κ1) is 20.0. The zero-order chi connectivity index (χ0) is 21.1. The van der Waals surface area contributed by atoms with Crippen molar-refractivity contribution in [2.45, 2.75) is 12.7 Å². The summed E-state index contributed by atoms with van der Waals surface area (Å²) in [7, 11) is 0. The normalized spacial score (nSPS) is 15.4. The highest BCUT2D eigenvalue weighted by Crippen LogP contribution is 2.36. The molecule has 2 N–H and O–H groups in total. The summed E-state index contributed by atoms with van der Waals surface area (Å²) in [6, 6.07) is 4.85. The van der Waals surface area contributed by atoms with Gasteiger partial charge in [0.25, 0.3) is 5.91 Å². The van der Waals surface area contributed by atoms with Crippen LogP contribution in [0.3, 0.4) is 0 Å². The Morgan fingerprint density at radius 3 is 2.63 bits per heavy atom. The largest absolute Gasteiger partial charge is 0.451 e. The average molecular weight is 420 g/mol. The van der Waals surface area contributed by atoms with Gasteiger partial charge in [0.15, 0.2) is 6.39 Å². The van der Waals surface area contributed by atoms with Crippen molar-refractivity contribution in [1.82, 2.24) is 20.1 Å². The summed E-state index contributed by atoms with van der Waals surface area (Å²) in [5.74, 6) is -0.558. The maximum absolute atomic E-state index is 13.2. The van der Waals surface area contributed by atoms with Crippen LogP contribution in [0.4, 0.5) is 24.5 Å². The van der Waals surface area contributed by atoms with Gasteiger partial charge in [-0.1, -0.05) is 0 Å². The molecule has 0 bridgehead atoms. The number of nitrogens with zero attached hydrogens (tertiary/aromatic N) is 4. The highest BCUT2D eigenvalue weighted by atomic mass is 19.4. The number of amides is 1. The molecule has 30 heavy (non-hydrogen) atoms. The van der Waals surface area contributed by atoms with Crippen LogP contribution in [0.15, 0.2) is 47.5 Å². The van der Waals surface area contributed by atoms with Crippen LogP contribution in [0.25, 0.3) is 0 Å². The van der Waals surface area contributed by atoms with Gasteiger partial charge in [0.2, 0.25) is 0 Å². The van der Waals surface area contributed by atoms with Gasteiger partial charge in [-0.25, -0.2) is 4.98 Å². The molecule has 1 aliphatic rings. The Morgan fingerprint density at radius 1 is 1.20 bits per heavy atom. The van der Waals surface area contributed by atoms with E-state index in [1.165, 1.54) is 24.7 Å². The number of aromatic nitrogens is 3. The van der Waals surface area contributed by atoms with Crippen LogP contribution in [0.5, 0.6) is 0 Å². The zero-order valence-corrected chi connectivity index (χ0v) is 15.8. The van der Waals surface area contributed by atoms with Gasteiger partial charge in [0, 0.05) is 38.9 Å². The highest BCUT2D eigenvalue weighted by Gasteiger charge is 2.32. The summed E-state index contributed by atoms with van der Waals surface area (Å²) in [6.45, 7) is 3.22. The van der Waals surface area contributed by atoms with Crippen molar-refractivity contribution >= 4 is 17.3 Å². The number of piperazine rings is 1. The van der Waals surface area contributed by atoms with Crippen LogP contribution in [0.2, 0.25) is 0 Å². The third-order valence-corrected chi connectivity index (χ3v) is 4.90. The molecule has 2 aromatic heterocycles. The van der Waals surface area contributed by atoms with Crippen molar-refractivity contribution in [2.24, 2.45) is 0 Å². The number of oxazole rings is 1. The lowest BCUT2D eigenvalue weighted by atomic mass is 10.1. The molecule has 0 spiro atoms. The van der Waals surface area contributed by atoms with Crippen molar-refractivity contribution in [2.75, 3.05) is 36.4 Å². The van der Waals surface area contributed by atoms with Crippen LogP contribution in [-0.2, 0) is 12.7 Å². The molecule has 4 rings (SSSR count). The van der Waals surface area contributed by atoms with Gasteiger partial charge in [-0.15, -0.1) is 0 Å². The average Bonchev–Trinajstić information content (AvgIpc) is 3.42. The molecule has 158 valence electrons. The van der Waals surface area contributed by atoms with Crippen LogP contribution >= 0.6 is 0 Å². The molecule has 0 saturated carbocycles. The fraction of sp³-hybridized carbons (Fsp3) is 0.316. The van der Waals surface area contributed by atoms with Gasteiger partial charge in [-0.05, 0) is 24.3 Å². The number of carbonyl (C=O) groups excluding carboxylic acids is 1. The number of nitrogens with one attached hydrogen (secondary N) is 2. The Hall–Kier alpha value is -3.34. The van der Waals surface area contributed by atoms with E-state index in [2.05, 4.69) is 25.4 Å². The number of halogens is 3. The Kier molecular flexibility index (Phi) is 5.44. The second-order valence-corrected chi connectivity index (χ2v) is 6.90. The van der Waals surface area contributed by atoms with Crippen LogP contribution in [0, 0.1) is 0 Å². The predicted molar refractivity (Wildman–Crippen MR) is 102 cm³/mol. The van der Waals surface area contributed by atoms with Gasteiger partial charge < -0.3 is 14.6 Å². The van der Waals surface area contributed by atoms with E-state index in [1.807, 2.05) is 4.90 Å². The summed E-state index contributed by atoms with van der Waals surface area (Å²) in [5, 5.41) is 8.79. The van der Waals surface area contributed by atoms with Crippen LogP contribution in [0.1, 0.15) is 21.7 Å². The number of carbonyl (C=O) groups is 1. The van der Waals surface area contributed by atoms with Crippen LogP contribution in [-0.4, -0.2) is 52.2 Å². The molecule has 1 aliphatic heterocycles. The SMILES string of the molecule is O=C(Nc1cc(C(F)(F)F)ccc1N1CCN(Cc2cocn2)CC1)c1ccn[nH]1. The Morgan fingerprint density at radius 2 is 2.00 bits per heavy atom. The summed E-state index contributed by atoms with van der Waals surface area (Å²) >= 11 is 0. The Bertz CT molecular complexity index is 980. The van der Waals surface area contributed by atoms with Gasteiger partial charge in [0.05, 0.1) is 22.6 Å². The first-order valence-electron chi connectivity index (χ1n) is 9.26. The molecule has 1 fully saturated rings. The van der Waals surface area contributed by atoms with E-state index in [0.717, 1.165) is 17.8 Å². The number of hydrogen-bond acceptors (Lipinski definition) is 6. The summed E-state index contributed by atoms with van der Waals surface area (Å²) in [4.78, 5) is 20.6. The van der Waals surface area contributed by atoms with E-state index in [1.54, 1.807) is 6.26 Å². The molecule has 0 radical (unpaired) electrons. The fourth-order valence-electron chi connectivity index (χ4n) is 3.35. The number of aromatic amines is 1. The minimum atomic E-state index is -4.51. The topological polar surface area (TPSA) is 90.3 Å². The summed E-state index contributed by atoms with van der Waals surface area (Å²) < 4.78 is 44.6. The Balaban J connectivity index is 1.52. The van der Waals surface area contributed by atoms with Gasteiger partial charge in [-0.2, -0.15) is 18.3 Å². The van der Waals surface area contributed by atoms with Gasteiger partial charge in [-0.3, -0.25) is 14.8 Å². The van der Waals surface area contributed by atoms with E-state index in [-0.39, 0.29) is 11.4 Å². The molecule has 0 atom stereocenters. The molecule has 3 aromatic rings. The van der Waals surface area contributed by atoms with Crippen molar-refractivity contribution in [3.8, 4) is 0 Å². The molecule has 0 aliphatic carbocycles. The lowest BCUT2D eigenvalue weighted by Gasteiger charge is -2.36. The third-order valence-electron chi connectivity index (χ3n) is 4.90. The molecule has 8 nitrogen and oxygen atoms in total. The predicted octanol–water partition coefficient (Wildman–Crippen LogP) is 2.99. The quantitative estimate of drug-likeness (QED) is 0.660. The van der Waals surface area contributed by atoms with Crippen molar-refractivity contribution in [3.63, 3.8) is 0 Å². The second kappa shape index (κ2) is 8.19. The number of alkyl halides is 3. The fourth-order valence-corrected chi connectivity index (χ4v) is 3.35. The smallest absolute Gasteiger partial charge is 0.416 e. The zero-order valence-electron chi connectivity index (χ0n) is 15.8. The molecule has 0 unspecified atom stereocenters. The summed E-state index contributed by atoms with van der Waals surface area (Å²) in [6.07, 6.45) is -0.147. The van der Waals surface area contributed by atoms with Crippen LogP contribution < -0.4 is 10.2 Å². The first-order chi connectivity index (χ1) is 14.4. The molecule has 1 amide bonds. The number of H-pyrrole nitrogens is 1. The maximum Gasteiger partial charge on any atom is 0.416 e. The maximum atomic E-state index is 13.2. The summed E-state index contributed by atoms with van der Waals surface area (Å²) in [5.41, 5.74) is 0.809. The molecule has 11 heteroatoms. The monoisotopic (exact) mass is 420 g/mol.